The summed E-state index contributed by atoms with van der Waals surface area (Å²) >= 11 is 0. The molecule has 1 heterocycles. The lowest BCUT2D eigenvalue weighted by Gasteiger charge is -2.14. The van der Waals surface area contributed by atoms with Crippen molar-refractivity contribution < 1.29 is 4.79 Å². The summed E-state index contributed by atoms with van der Waals surface area (Å²) in [6, 6.07) is 8.10. The van der Waals surface area contributed by atoms with Gasteiger partial charge in [0.2, 0.25) is 0 Å². The molecule has 2 nitrogen and oxygen atoms in total. The number of benzene rings is 1. The maximum Gasteiger partial charge on any atom is 0.176 e. The molecule has 0 aromatic heterocycles. The van der Waals surface area contributed by atoms with Crippen LogP contribution in [0.5, 0.6) is 0 Å². The van der Waals surface area contributed by atoms with Crippen LogP contribution in [-0.4, -0.2) is 30.3 Å². The monoisotopic (exact) mass is 259 g/mol. The predicted octanol–water partition coefficient (Wildman–Crippen LogP) is 3.58. The van der Waals surface area contributed by atoms with Crippen molar-refractivity contribution in [2.24, 2.45) is 11.8 Å². The third kappa shape index (κ3) is 3.44. The molecule has 0 bridgehead atoms. The van der Waals surface area contributed by atoms with Crippen molar-refractivity contribution in [1.82, 2.24) is 4.90 Å². The topological polar surface area (TPSA) is 20.3 Å². The summed E-state index contributed by atoms with van der Waals surface area (Å²) in [5, 5.41) is 0. The molecule has 1 aromatic carbocycles. The van der Waals surface area contributed by atoms with Crippen molar-refractivity contribution in [2.75, 3.05) is 19.6 Å². The van der Waals surface area contributed by atoms with Crippen LogP contribution >= 0.6 is 0 Å². The lowest BCUT2D eigenvalue weighted by Crippen LogP contribution is -2.28. The van der Waals surface area contributed by atoms with E-state index >= 15 is 0 Å². The van der Waals surface area contributed by atoms with E-state index in [1.807, 2.05) is 12.1 Å². The van der Waals surface area contributed by atoms with Crippen LogP contribution < -0.4 is 0 Å². The van der Waals surface area contributed by atoms with E-state index in [0.29, 0.717) is 24.3 Å². The van der Waals surface area contributed by atoms with Gasteiger partial charge in [-0.25, -0.2) is 0 Å². The molecule has 1 aliphatic heterocycles. The normalized spacial score (nSPS) is 24.1. The number of hydrogen-bond donors (Lipinski definition) is 0. The Balaban J connectivity index is 1.97. The fourth-order valence-electron chi connectivity index (χ4n) is 2.73. The van der Waals surface area contributed by atoms with Crippen LogP contribution in [0.4, 0.5) is 0 Å². The van der Waals surface area contributed by atoms with Crippen molar-refractivity contribution in [3.8, 4) is 0 Å². The number of hydrogen-bond acceptors (Lipinski definition) is 2. The quantitative estimate of drug-likeness (QED) is 0.770. The Hall–Kier alpha value is -1.15. The molecule has 104 valence electrons. The van der Waals surface area contributed by atoms with Crippen molar-refractivity contribution >= 4 is 5.78 Å². The second-order valence-electron chi connectivity index (χ2n) is 6.35. The molecule has 2 heteroatoms. The SMILES string of the molecule is CC(C)c1ccc(C(=O)CN2CC(C)C(C)C2)cc1. The van der Waals surface area contributed by atoms with Crippen molar-refractivity contribution in [3.05, 3.63) is 35.4 Å². The minimum absolute atomic E-state index is 0.247. The summed E-state index contributed by atoms with van der Waals surface area (Å²) in [4.78, 5) is 14.5. The summed E-state index contributed by atoms with van der Waals surface area (Å²) in [6.45, 7) is 11.6. The van der Waals surface area contributed by atoms with Gasteiger partial charge in [0.05, 0.1) is 6.54 Å². The van der Waals surface area contributed by atoms with Crippen LogP contribution in [0.1, 0.15) is 49.5 Å². The molecule has 2 rings (SSSR count). The van der Waals surface area contributed by atoms with Gasteiger partial charge in [0.25, 0.3) is 0 Å². The second kappa shape index (κ2) is 5.87. The smallest absolute Gasteiger partial charge is 0.176 e. The van der Waals surface area contributed by atoms with E-state index in [4.69, 9.17) is 0 Å². The highest BCUT2D eigenvalue weighted by Gasteiger charge is 2.27. The Morgan fingerprint density at radius 3 is 2.16 bits per heavy atom. The van der Waals surface area contributed by atoms with E-state index in [-0.39, 0.29) is 5.78 Å². The molecule has 1 aliphatic rings. The van der Waals surface area contributed by atoms with Crippen LogP contribution in [0.3, 0.4) is 0 Å². The molecule has 1 aromatic rings. The van der Waals surface area contributed by atoms with E-state index in [0.717, 1.165) is 18.7 Å². The summed E-state index contributed by atoms with van der Waals surface area (Å²) in [6.07, 6.45) is 0. The van der Waals surface area contributed by atoms with Gasteiger partial charge in [-0.05, 0) is 23.3 Å². The largest absolute Gasteiger partial charge is 0.295 e. The highest BCUT2D eigenvalue weighted by atomic mass is 16.1. The molecule has 2 atom stereocenters. The number of nitrogens with zero attached hydrogens (tertiary/aromatic N) is 1. The first-order valence-electron chi connectivity index (χ1n) is 7.33. The average molecular weight is 259 g/mol. The van der Waals surface area contributed by atoms with E-state index in [1.165, 1.54) is 5.56 Å². The molecule has 0 spiro atoms. The molecule has 19 heavy (non-hydrogen) atoms. The first-order valence-corrected chi connectivity index (χ1v) is 7.33. The summed E-state index contributed by atoms with van der Waals surface area (Å²) < 4.78 is 0. The molecule has 0 N–H and O–H groups in total. The third-order valence-corrected chi connectivity index (χ3v) is 4.33. The third-order valence-electron chi connectivity index (χ3n) is 4.33. The maximum atomic E-state index is 12.3. The van der Waals surface area contributed by atoms with E-state index in [1.54, 1.807) is 0 Å². The maximum absolute atomic E-state index is 12.3. The number of ketones is 1. The van der Waals surface area contributed by atoms with Crippen LogP contribution in [-0.2, 0) is 0 Å². The Bertz CT molecular complexity index is 425. The average Bonchev–Trinajstić information content (AvgIpc) is 2.68. The van der Waals surface area contributed by atoms with E-state index in [2.05, 4.69) is 44.7 Å². The van der Waals surface area contributed by atoms with Gasteiger partial charge in [-0.15, -0.1) is 0 Å². The molecule has 0 amide bonds. The molecule has 0 aliphatic carbocycles. The highest BCUT2D eigenvalue weighted by molar-refractivity contribution is 5.97. The summed E-state index contributed by atoms with van der Waals surface area (Å²) in [5.41, 5.74) is 2.14. The van der Waals surface area contributed by atoms with Crippen LogP contribution in [0, 0.1) is 11.8 Å². The number of likely N-dealkylation sites (tertiary alicyclic amines) is 1. The Kier molecular flexibility index (Phi) is 4.41. The molecule has 1 fully saturated rings. The fraction of sp³-hybridized carbons (Fsp3) is 0.588. The molecule has 2 unspecified atom stereocenters. The fourth-order valence-corrected chi connectivity index (χ4v) is 2.73. The van der Waals surface area contributed by atoms with Crippen molar-refractivity contribution in [2.45, 2.75) is 33.6 Å². The lowest BCUT2D eigenvalue weighted by atomic mass is 10.0. The van der Waals surface area contributed by atoms with Gasteiger partial charge in [-0.1, -0.05) is 52.0 Å². The molecule has 1 saturated heterocycles. The second-order valence-corrected chi connectivity index (χ2v) is 6.35. The lowest BCUT2D eigenvalue weighted by molar-refractivity contribution is 0.0942. The molecular weight excluding hydrogens is 234 g/mol. The zero-order valence-electron chi connectivity index (χ0n) is 12.5. The van der Waals surface area contributed by atoms with Crippen molar-refractivity contribution in [1.29, 1.82) is 0 Å². The summed E-state index contributed by atoms with van der Waals surface area (Å²) in [7, 11) is 0. The van der Waals surface area contributed by atoms with Crippen LogP contribution in [0.15, 0.2) is 24.3 Å². The number of carbonyl (C=O) groups excluding carboxylic acids is 1. The van der Waals surface area contributed by atoms with Crippen molar-refractivity contribution in [3.63, 3.8) is 0 Å². The molecule has 0 saturated carbocycles. The number of carbonyl (C=O) groups is 1. The van der Waals surface area contributed by atoms with E-state index in [9.17, 15) is 4.79 Å². The van der Waals surface area contributed by atoms with Gasteiger partial charge in [-0.2, -0.15) is 0 Å². The van der Waals surface area contributed by atoms with Gasteiger partial charge in [0.1, 0.15) is 0 Å². The standard InChI is InChI=1S/C17H25NO/c1-12(2)15-5-7-16(8-6-15)17(19)11-18-9-13(3)14(4)10-18/h5-8,12-14H,9-11H2,1-4H3. The van der Waals surface area contributed by atoms with E-state index < -0.39 is 0 Å². The first kappa shape index (κ1) is 14.3. The summed E-state index contributed by atoms with van der Waals surface area (Å²) in [5.74, 6) is 2.17. The van der Waals surface area contributed by atoms with Crippen LogP contribution in [0.25, 0.3) is 0 Å². The number of Topliss-reactive ketones (excluding diaryl/α,β-unsaturated/α-hetero) is 1. The Morgan fingerprint density at radius 2 is 1.68 bits per heavy atom. The first-order chi connectivity index (χ1) is 8.97. The highest BCUT2D eigenvalue weighted by Crippen LogP contribution is 2.22. The predicted molar refractivity (Wildman–Crippen MR) is 79.6 cm³/mol. The Labute approximate surface area is 116 Å². The van der Waals surface area contributed by atoms with Gasteiger partial charge in [0, 0.05) is 18.7 Å². The van der Waals surface area contributed by atoms with Gasteiger partial charge >= 0.3 is 0 Å². The van der Waals surface area contributed by atoms with Gasteiger partial charge < -0.3 is 0 Å². The molecular formula is C17H25NO. The van der Waals surface area contributed by atoms with Gasteiger partial charge in [-0.3, -0.25) is 9.69 Å². The minimum Gasteiger partial charge on any atom is -0.295 e. The van der Waals surface area contributed by atoms with Gasteiger partial charge in [0.15, 0.2) is 5.78 Å². The zero-order valence-corrected chi connectivity index (χ0v) is 12.5. The minimum atomic E-state index is 0.247. The van der Waals surface area contributed by atoms with Crippen LogP contribution in [0.2, 0.25) is 0 Å². The molecule has 0 radical (unpaired) electrons. The number of rotatable bonds is 4. The Morgan fingerprint density at radius 1 is 1.16 bits per heavy atom. The zero-order chi connectivity index (χ0) is 14.0.